The standard InChI is InChI=1S/C16H4N6/c17-5-13(6-18)15(9-21)11-1-2-12(4-3-11)16(10-22)14(7-19)8-20/h1-4H. The molecule has 1 aromatic rings. The summed E-state index contributed by atoms with van der Waals surface area (Å²) >= 11 is 0. The van der Waals surface area contributed by atoms with Crippen LogP contribution in [0.5, 0.6) is 0 Å². The van der Waals surface area contributed by atoms with Crippen LogP contribution < -0.4 is 0 Å². The molecule has 0 aliphatic rings. The molecule has 0 saturated carbocycles. The summed E-state index contributed by atoms with van der Waals surface area (Å²) in [6.45, 7) is 0. The Morgan fingerprint density at radius 2 is 0.773 bits per heavy atom. The summed E-state index contributed by atoms with van der Waals surface area (Å²) in [5.41, 5.74) is -0.143. The minimum atomic E-state index is -0.318. The third kappa shape index (κ3) is 2.96. The Hall–Kier alpha value is -4.36. The molecule has 0 amide bonds. The van der Waals surface area contributed by atoms with Crippen molar-refractivity contribution in [2.45, 2.75) is 0 Å². The molecule has 0 bridgehead atoms. The van der Waals surface area contributed by atoms with Gasteiger partial charge in [0.05, 0.1) is 11.1 Å². The molecule has 0 fully saturated rings. The van der Waals surface area contributed by atoms with Crippen LogP contribution in [0, 0.1) is 68.0 Å². The van der Waals surface area contributed by atoms with Gasteiger partial charge in [-0.25, -0.2) is 0 Å². The normalized spacial score (nSPS) is 7.73. The molecule has 0 atom stereocenters. The molecule has 98 valence electrons. The molecule has 22 heavy (non-hydrogen) atoms. The fraction of sp³-hybridized carbons (Fsp3) is 0. The molecule has 0 radical (unpaired) electrons. The summed E-state index contributed by atoms with van der Waals surface area (Å²) in [5.74, 6) is 0. The molecule has 0 unspecified atom stereocenters. The maximum Gasteiger partial charge on any atom is 0.148 e. The Morgan fingerprint density at radius 1 is 0.500 bits per heavy atom. The third-order valence-corrected chi connectivity index (χ3v) is 2.63. The van der Waals surface area contributed by atoms with Gasteiger partial charge >= 0.3 is 0 Å². The van der Waals surface area contributed by atoms with Gasteiger partial charge in [0.25, 0.3) is 0 Å². The van der Waals surface area contributed by atoms with Crippen molar-refractivity contribution in [3.8, 4) is 36.4 Å². The van der Waals surface area contributed by atoms with Crippen molar-refractivity contribution in [1.29, 1.82) is 31.6 Å². The van der Waals surface area contributed by atoms with Crippen molar-refractivity contribution >= 4 is 11.1 Å². The Morgan fingerprint density at radius 3 is 0.955 bits per heavy atom. The number of nitrogens with zero attached hydrogens (tertiary/aromatic N) is 6. The quantitative estimate of drug-likeness (QED) is 0.760. The lowest BCUT2D eigenvalue weighted by molar-refractivity contribution is 1.44. The first-order valence-electron chi connectivity index (χ1n) is 5.66. The van der Waals surface area contributed by atoms with E-state index < -0.39 is 0 Å². The van der Waals surface area contributed by atoms with E-state index in [0.29, 0.717) is 11.1 Å². The van der Waals surface area contributed by atoms with Crippen molar-refractivity contribution in [3.05, 3.63) is 46.5 Å². The second-order valence-corrected chi connectivity index (χ2v) is 3.75. The van der Waals surface area contributed by atoms with Crippen LogP contribution in [-0.2, 0) is 0 Å². The molecule has 1 aromatic carbocycles. The molecule has 0 saturated heterocycles. The van der Waals surface area contributed by atoms with E-state index >= 15 is 0 Å². The summed E-state index contributed by atoms with van der Waals surface area (Å²) in [6, 6.07) is 15.8. The summed E-state index contributed by atoms with van der Waals surface area (Å²) < 4.78 is 0. The first kappa shape index (κ1) is 15.7. The highest BCUT2D eigenvalue weighted by molar-refractivity contribution is 5.87. The monoisotopic (exact) mass is 280 g/mol. The van der Waals surface area contributed by atoms with Gasteiger partial charge in [0, 0.05) is 0 Å². The molecule has 0 aliphatic heterocycles. The maximum absolute atomic E-state index is 9.04. The van der Waals surface area contributed by atoms with Crippen molar-refractivity contribution in [1.82, 2.24) is 0 Å². The van der Waals surface area contributed by atoms with Crippen molar-refractivity contribution < 1.29 is 0 Å². The predicted molar refractivity (Wildman–Crippen MR) is 74.0 cm³/mol. The summed E-state index contributed by atoms with van der Waals surface area (Å²) in [7, 11) is 0. The van der Waals surface area contributed by atoms with Gasteiger partial charge in [-0.15, -0.1) is 0 Å². The number of nitriles is 6. The van der Waals surface area contributed by atoms with Crippen LogP contribution >= 0.6 is 0 Å². The lowest BCUT2D eigenvalue weighted by Crippen LogP contribution is -1.90. The summed E-state index contributed by atoms with van der Waals surface area (Å²) in [6.07, 6.45) is 0. The Labute approximate surface area is 126 Å². The Balaban J connectivity index is 3.48. The average molecular weight is 280 g/mol. The fourth-order valence-electron chi connectivity index (χ4n) is 1.61. The van der Waals surface area contributed by atoms with E-state index in [1.165, 1.54) is 24.3 Å². The first-order chi connectivity index (χ1) is 10.7. The van der Waals surface area contributed by atoms with Gasteiger partial charge < -0.3 is 0 Å². The summed E-state index contributed by atoms with van der Waals surface area (Å²) in [5, 5.41) is 53.3. The minimum absolute atomic E-state index is 0.0835. The average Bonchev–Trinajstić information content (AvgIpc) is 2.57. The zero-order valence-electron chi connectivity index (χ0n) is 11.0. The number of rotatable bonds is 2. The maximum atomic E-state index is 9.04. The van der Waals surface area contributed by atoms with E-state index in [2.05, 4.69) is 0 Å². The van der Waals surface area contributed by atoms with Crippen LogP contribution in [0.3, 0.4) is 0 Å². The van der Waals surface area contributed by atoms with Gasteiger partial charge in [-0.3, -0.25) is 0 Å². The zero-order chi connectivity index (χ0) is 16.5. The van der Waals surface area contributed by atoms with E-state index in [4.69, 9.17) is 31.6 Å². The Bertz CT molecular complexity index is 809. The zero-order valence-corrected chi connectivity index (χ0v) is 11.0. The highest BCUT2D eigenvalue weighted by atomic mass is 14.3. The summed E-state index contributed by atoms with van der Waals surface area (Å²) in [4.78, 5) is 0. The molecule has 0 heterocycles. The second-order valence-electron chi connectivity index (χ2n) is 3.75. The molecule has 0 aliphatic carbocycles. The van der Waals surface area contributed by atoms with Gasteiger partial charge in [-0.05, 0) is 11.1 Å². The van der Waals surface area contributed by atoms with Crippen LogP contribution in [0.4, 0.5) is 0 Å². The van der Waals surface area contributed by atoms with Crippen molar-refractivity contribution in [3.63, 3.8) is 0 Å². The van der Waals surface area contributed by atoms with Gasteiger partial charge in [0.15, 0.2) is 0 Å². The van der Waals surface area contributed by atoms with Crippen molar-refractivity contribution in [2.75, 3.05) is 0 Å². The number of benzene rings is 1. The first-order valence-corrected chi connectivity index (χ1v) is 5.66. The number of hydrogen-bond acceptors (Lipinski definition) is 6. The van der Waals surface area contributed by atoms with Crippen LogP contribution in [-0.4, -0.2) is 0 Å². The predicted octanol–water partition coefficient (Wildman–Crippen LogP) is 2.34. The van der Waals surface area contributed by atoms with E-state index in [9.17, 15) is 0 Å². The van der Waals surface area contributed by atoms with E-state index in [1.54, 1.807) is 36.4 Å². The highest BCUT2D eigenvalue weighted by Gasteiger charge is 2.11. The molecule has 6 nitrogen and oxygen atoms in total. The SMILES string of the molecule is N#CC(C#N)=C(C#N)c1ccc(C(C#N)=C(C#N)C#N)cc1. The lowest BCUT2D eigenvalue weighted by Gasteiger charge is -2.02. The van der Waals surface area contributed by atoms with Gasteiger partial charge in [-0.1, -0.05) is 24.3 Å². The molecular weight excluding hydrogens is 276 g/mol. The van der Waals surface area contributed by atoms with Crippen LogP contribution in [0.1, 0.15) is 11.1 Å². The van der Waals surface area contributed by atoms with E-state index in [-0.39, 0.29) is 22.3 Å². The number of hydrogen-bond donors (Lipinski definition) is 0. The highest BCUT2D eigenvalue weighted by Crippen LogP contribution is 2.22. The van der Waals surface area contributed by atoms with Crippen LogP contribution in [0.15, 0.2) is 35.4 Å². The van der Waals surface area contributed by atoms with Gasteiger partial charge in [0.1, 0.15) is 47.6 Å². The van der Waals surface area contributed by atoms with Crippen LogP contribution in [0.2, 0.25) is 0 Å². The third-order valence-electron chi connectivity index (χ3n) is 2.63. The molecule has 0 N–H and O–H groups in total. The Kier molecular flexibility index (Phi) is 5.20. The lowest BCUT2D eigenvalue weighted by atomic mass is 9.97. The topological polar surface area (TPSA) is 143 Å². The minimum Gasteiger partial charge on any atom is -0.192 e. The number of allylic oxidation sites excluding steroid dienone is 4. The molecular formula is C16H4N6. The second kappa shape index (κ2) is 7.28. The van der Waals surface area contributed by atoms with E-state index in [0.717, 1.165) is 0 Å². The van der Waals surface area contributed by atoms with Gasteiger partial charge in [0.2, 0.25) is 0 Å². The smallest absolute Gasteiger partial charge is 0.148 e. The molecule has 6 heteroatoms. The van der Waals surface area contributed by atoms with Gasteiger partial charge in [-0.2, -0.15) is 31.6 Å². The fourth-order valence-corrected chi connectivity index (χ4v) is 1.61. The van der Waals surface area contributed by atoms with Crippen LogP contribution in [0.25, 0.3) is 11.1 Å². The molecule has 0 spiro atoms. The molecule has 0 aromatic heterocycles. The van der Waals surface area contributed by atoms with E-state index in [1.807, 2.05) is 0 Å². The van der Waals surface area contributed by atoms with Crippen molar-refractivity contribution in [2.24, 2.45) is 0 Å². The largest absolute Gasteiger partial charge is 0.192 e. The molecule has 1 rings (SSSR count).